The second-order valence-corrected chi connectivity index (χ2v) is 7.24. The van der Waals surface area contributed by atoms with Gasteiger partial charge in [0.1, 0.15) is 5.75 Å². The molecule has 0 aromatic heterocycles. The van der Waals surface area contributed by atoms with Crippen LogP contribution in [0.15, 0.2) is 54.6 Å². The molecule has 0 heterocycles. The summed E-state index contributed by atoms with van der Waals surface area (Å²) in [6.07, 6.45) is 0.675. The number of benzene rings is 2. The highest BCUT2D eigenvalue weighted by Crippen LogP contribution is 2.13. The monoisotopic (exact) mass is 319 g/mol. The second kappa shape index (κ2) is 7.42. The van der Waals surface area contributed by atoms with Crippen LogP contribution in [0, 0.1) is 0 Å². The van der Waals surface area contributed by atoms with Gasteiger partial charge in [-0.15, -0.1) is 0 Å². The smallest absolute Gasteiger partial charge is 0.218 e. The van der Waals surface area contributed by atoms with Crippen molar-refractivity contribution >= 4 is 10.0 Å². The van der Waals surface area contributed by atoms with Crippen LogP contribution in [0.4, 0.5) is 0 Å². The standard InChI is InChI=1S/C17H21NO3S/c1-18(13-12-15-8-10-17(21-2)11-9-15)22(19,20)14-16-6-4-3-5-7-16/h3-11H,12-14H2,1-2H3. The van der Waals surface area contributed by atoms with Gasteiger partial charge in [-0.05, 0) is 29.7 Å². The van der Waals surface area contributed by atoms with Crippen molar-refractivity contribution in [3.8, 4) is 5.75 Å². The van der Waals surface area contributed by atoms with E-state index in [0.717, 1.165) is 16.9 Å². The van der Waals surface area contributed by atoms with Gasteiger partial charge in [0.05, 0.1) is 12.9 Å². The Hall–Kier alpha value is -1.85. The summed E-state index contributed by atoms with van der Waals surface area (Å²) in [6.45, 7) is 0.460. The highest BCUT2D eigenvalue weighted by molar-refractivity contribution is 7.88. The van der Waals surface area contributed by atoms with Gasteiger partial charge in [-0.1, -0.05) is 42.5 Å². The summed E-state index contributed by atoms with van der Waals surface area (Å²) in [7, 11) is -0.0369. The van der Waals surface area contributed by atoms with Crippen LogP contribution >= 0.6 is 0 Å². The van der Waals surface area contributed by atoms with Crippen LogP contribution in [0.1, 0.15) is 11.1 Å². The fraction of sp³-hybridized carbons (Fsp3) is 0.294. The number of rotatable bonds is 7. The molecule has 2 rings (SSSR count). The molecule has 5 heteroatoms. The number of sulfonamides is 1. The molecular formula is C17H21NO3S. The summed E-state index contributed by atoms with van der Waals surface area (Å²) in [6, 6.07) is 16.9. The topological polar surface area (TPSA) is 46.6 Å². The Bertz CT molecular complexity index is 682. The van der Waals surface area contributed by atoms with E-state index in [9.17, 15) is 8.42 Å². The molecule has 0 spiro atoms. The SMILES string of the molecule is COc1ccc(CCN(C)S(=O)(=O)Cc2ccccc2)cc1. The third kappa shape index (κ3) is 4.58. The average Bonchev–Trinajstić information content (AvgIpc) is 2.53. The molecule has 0 saturated carbocycles. The zero-order valence-electron chi connectivity index (χ0n) is 12.9. The Morgan fingerprint density at radius 3 is 2.18 bits per heavy atom. The lowest BCUT2D eigenvalue weighted by atomic mass is 10.1. The van der Waals surface area contributed by atoms with Crippen LogP contribution in [0.25, 0.3) is 0 Å². The number of ether oxygens (including phenoxy) is 1. The van der Waals surface area contributed by atoms with Crippen LogP contribution in [-0.4, -0.2) is 33.4 Å². The van der Waals surface area contributed by atoms with E-state index in [4.69, 9.17) is 4.74 Å². The molecule has 0 aliphatic rings. The van der Waals surface area contributed by atoms with Gasteiger partial charge >= 0.3 is 0 Å². The first-order valence-electron chi connectivity index (χ1n) is 7.12. The minimum Gasteiger partial charge on any atom is -0.497 e. The fourth-order valence-electron chi connectivity index (χ4n) is 2.11. The minimum atomic E-state index is -3.29. The summed E-state index contributed by atoms with van der Waals surface area (Å²) >= 11 is 0. The molecule has 0 amide bonds. The normalized spacial score (nSPS) is 11.6. The molecule has 0 atom stereocenters. The number of nitrogens with zero attached hydrogens (tertiary/aromatic N) is 1. The van der Waals surface area contributed by atoms with Crippen molar-refractivity contribution in [3.63, 3.8) is 0 Å². The van der Waals surface area contributed by atoms with Gasteiger partial charge in [-0.3, -0.25) is 0 Å². The maximum Gasteiger partial charge on any atom is 0.218 e. The minimum absolute atomic E-state index is 0.0347. The number of methoxy groups -OCH3 is 1. The number of hydrogen-bond acceptors (Lipinski definition) is 3. The molecule has 0 saturated heterocycles. The lowest BCUT2D eigenvalue weighted by Gasteiger charge is -2.17. The van der Waals surface area contributed by atoms with E-state index in [1.165, 1.54) is 4.31 Å². The molecule has 0 radical (unpaired) electrons. The summed E-state index contributed by atoms with van der Waals surface area (Å²) < 4.78 is 31.2. The summed E-state index contributed by atoms with van der Waals surface area (Å²) in [5, 5.41) is 0. The molecule has 0 fully saturated rings. The number of hydrogen-bond donors (Lipinski definition) is 0. The van der Waals surface area contributed by atoms with Gasteiger partial charge in [0.2, 0.25) is 10.0 Å². The predicted octanol–water partition coefficient (Wildman–Crippen LogP) is 2.70. The summed E-state index contributed by atoms with van der Waals surface area (Å²) in [4.78, 5) is 0. The average molecular weight is 319 g/mol. The van der Waals surface area contributed by atoms with E-state index < -0.39 is 10.0 Å². The van der Waals surface area contributed by atoms with Gasteiger partial charge < -0.3 is 4.74 Å². The molecule has 2 aromatic rings. The van der Waals surface area contributed by atoms with Gasteiger partial charge in [-0.2, -0.15) is 0 Å². The molecule has 0 aliphatic carbocycles. The van der Waals surface area contributed by atoms with Gasteiger partial charge in [0, 0.05) is 13.6 Å². The van der Waals surface area contributed by atoms with E-state index in [1.807, 2.05) is 54.6 Å². The van der Waals surface area contributed by atoms with Crippen LogP contribution in [-0.2, 0) is 22.2 Å². The van der Waals surface area contributed by atoms with Crippen molar-refractivity contribution in [1.82, 2.24) is 4.31 Å². The lowest BCUT2D eigenvalue weighted by Crippen LogP contribution is -2.30. The van der Waals surface area contributed by atoms with E-state index in [1.54, 1.807) is 14.2 Å². The van der Waals surface area contributed by atoms with E-state index in [2.05, 4.69) is 0 Å². The molecule has 2 aromatic carbocycles. The van der Waals surface area contributed by atoms with Crippen molar-refractivity contribution in [2.24, 2.45) is 0 Å². The lowest BCUT2D eigenvalue weighted by molar-refractivity contribution is 0.414. The molecule has 0 unspecified atom stereocenters. The second-order valence-electron chi connectivity index (χ2n) is 5.16. The van der Waals surface area contributed by atoms with Crippen LogP contribution in [0.5, 0.6) is 5.75 Å². The first kappa shape index (κ1) is 16.5. The molecule has 4 nitrogen and oxygen atoms in total. The zero-order valence-corrected chi connectivity index (χ0v) is 13.7. The zero-order chi connectivity index (χ0) is 16.0. The van der Waals surface area contributed by atoms with E-state index in [0.29, 0.717) is 13.0 Å². The van der Waals surface area contributed by atoms with Gasteiger partial charge in [0.25, 0.3) is 0 Å². The Morgan fingerprint density at radius 2 is 1.59 bits per heavy atom. The third-order valence-electron chi connectivity index (χ3n) is 3.54. The Morgan fingerprint density at radius 1 is 0.955 bits per heavy atom. The highest BCUT2D eigenvalue weighted by atomic mass is 32.2. The quantitative estimate of drug-likeness (QED) is 0.788. The van der Waals surface area contributed by atoms with E-state index in [-0.39, 0.29) is 5.75 Å². The van der Waals surface area contributed by atoms with Crippen molar-refractivity contribution in [2.75, 3.05) is 20.7 Å². The van der Waals surface area contributed by atoms with Crippen molar-refractivity contribution in [2.45, 2.75) is 12.2 Å². The molecule has 0 N–H and O–H groups in total. The first-order valence-corrected chi connectivity index (χ1v) is 8.73. The maximum absolute atomic E-state index is 12.3. The Balaban J connectivity index is 1.94. The number of likely N-dealkylation sites (N-methyl/N-ethyl adjacent to an activating group) is 1. The van der Waals surface area contributed by atoms with Crippen LogP contribution in [0.2, 0.25) is 0 Å². The third-order valence-corrected chi connectivity index (χ3v) is 5.37. The van der Waals surface area contributed by atoms with Crippen molar-refractivity contribution < 1.29 is 13.2 Å². The molecule has 118 valence electrons. The highest BCUT2D eigenvalue weighted by Gasteiger charge is 2.18. The fourth-order valence-corrected chi connectivity index (χ4v) is 3.32. The van der Waals surface area contributed by atoms with Gasteiger partial charge in [-0.25, -0.2) is 12.7 Å². The molecule has 22 heavy (non-hydrogen) atoms. The van der Waals surface area contributed by atoms with E-state index >= 15 is 0 Å². The van der Waals surface area contributed by atoms with Crippen molar-refractivity contribution in [3.05, 3.63) is 65.7 Å². The van der Waals surface area contributed by atoms with Crippen LogP contribution < -0.4 is 4.74 Å². The first-order chi connectivity index (χ1) is 10.5. The largest absolute Gasteiger partial charge is 0.497 e. The molecule has 0 aliphatic heterocycles. The Kier molecular flexibility index (Phi) is 5.57. The summed E-state index contributed by atoms with van der Waals surface area (Å²) in [5.74, 6) is 0.834. The molecular weight excluding hydrogens is 298 g/mol. The predicted molar refractivity (Wildman–Crippen MR) is 88.4 cm³/mol. The summed E-state index contributed by atoms with van der Waals surface area (Å²) in [5.41, 5.74) is 1.89. The maximum atomic E-state index is 12.3. The van der Waals surface area contributed by atoms with Crippen LogP contribution in [0.3, 0.4) is 0 Å². The Labute approximate surface area is 132 Å². The van der Waals surface area contributed by atoms with Gasteiger partial charge in [0.15, 0.2) is 0 Å². The molecule has 0 bridgehead atoms. The van der Waals surface area contributed by atoms with Crippen molar-refractivity contribution in [1.29, 1.82) is 0 Å².